The molecule has 1 fully saturated rings. The molecule has 0 aliphatic carbocycles. The zero-order chi connectivity index (χ0) is 21.7. The second kappa shape index (κ2) is 9.79. The lowest BCUT2D eigenvalue weighted by atomic mass is 10.2. The highest BCUT2D eigenvalue weighted by atomic mass is 79.9. The number of ether oxygens (including phenoxy) is 2. The second-order valence-corrected chi connectivity index (χ2v) is 7.82. The van der Waals surface area contributed by atoms with Crippen molar-refractivity contribution in [2.24, 2.45) is 4.99 Å². The summed E-state index contributed by atoms with van der Waals surface area (Å²) >= 11 is 4.62. The third kappa shape index (κ3) is 5.21. The normalized spacial score (nSPS) is 16.0. The first-order valence-electron chi connectivity index (χ1n) is 8.65. The number of nitrogens with zero attached hydrogens (tertiary/aromatic N) is 1. The number of amidine groups is 1. The molecule has 0 unspecified atom stereocenters. The number of aliphatic hydroxyl groups excluding tert-OH is 1. The van der Waals surface area contributed by atoms with Crippen molar-refractivity contribution in [1.82, 2.24) is 5.32 Å². The van der Waals surface area contributed by atoms with E-state index in [0.717, 1.165) is 0 Å². The molecule has 1 saturated heterocycles. The number of carbonyl (C=O) groups is 2. The van der Waals surface area contributed by atoms with Crippen molar-refractivity contribution in [3.63, 3.8) is 0 Å². The number of halogens is 1. The van der Waals surface area contributed by atoms with Crippen LogP contribution in [0.1, 0.15) is 15.9 Å². The quantitative estimate of drug-likeness (QED) is 0.506. The standard InChI is InChI=1S/C20H17BrN2O6S/c1-28-15-8-12(14(21)10-16(15)29-7-6-24)9-17-18(25)23-20(30-17)22-13-4-2-11(3-5-13)19(26)27/h2-5,8-10,24H,6-7H2,1H3,(H,26,27)(H,22,23,25)/b17-9-. The summed E-state index contributed by atoms with van der Waals surface area (Å²) in [5.41, 5.74) is 1.39. The Labute approximate surface area is 184 Å². The Bertz CT molecular complexity index is 1040. The maximum absolute atomic E-state index is 12.3. The summed E-state index contributed by atoms with van der Waals surface area (Å²) in [6, 6.07) is 9.46. The van der Waals surface area contributed by atoms with Crippen LogP contribution in [-0.4, -0.2) is 47.6 Å². The molecule has 3 N–H and O–H groups in total. The van der Waals surface area contributed by atoms with Crippen LogP contribution in [0.25, 0.3) is 6.08 Å². The Morgan fingerprint density at radius 2 is 2.00 bits per heavy atom. The van der Waals surface area contributed by atoms with Crippen molar-refractivity contribution in [2.75, 3.05) is 20.3 Å². The smallest absolute Gasteiger partial charge is 0.335 e. The van der Waals surface area contributed by atoms with E-state index >= 15 is 0 Å². The minimum absolute atomic E-state index is 0.121. The molecule has 0 atom stereocenters. The van der Waals surface area contributed by atoms with Gasteiger partial charge in [-0.3, -0.25) is 4.79 Å². The van der Waals surface area contributed by atoms with Gasteiger partial charge in [0.05, 0.1) is 29.9 Å². The average molecular weight is 493 g/mol. The molecule has 156 valence electrons. The molecule has 0 bridgehead atoms. The zero-order valence-corrected chi connectivity index (χ0v) is 18.1. The number of nitrogens with one attached hydrogen (secondary N) is 1. The van der Waals surface area contributed by atoms with E-state index in [9.17, 15) is 9.59 Å². The number of rotatable bonds is 7. The van der Waals surface area contributed by atoms with Crippen molar-refractivity contribution in [2.45, 2.75) is 0 Å². The average Bonchev–Trinajstić information content (AvgIpc) is 3.07. The molecule has 0 radical (unpaired) electrons. The number of benzene rings is 2. The van der Waals surface area contributed by atoms with E-state index < -0.39 is 5.97 Å². The molecular formula is C20H17BrN2O6S. The fraction of sp³-hybridized carbons (Fsp3) is 0.150. The molecule has 30 heavy (non-hydrogen) atoms. The highest BCUT2D eigenvalue weighted by Crippen LogP contribution is 2.36. The Kier molecular flexibility index (Phi) is 7.14. The van der Waals surface area contributed by atoms with Gasteiger partial charge in [-0.1, -0.05) is 15.9 Å². The van der Waals surface area contributed by atoms with Crippen LogP contribution in [0.3, 0.4) is 0 Å². The van der Waals surface area contributed by atoms with Crippen LogP contribution in [0.5, 0.6) is 11.5 Å². The van der Waals surface area contributed by atoms with Crippen LogP contribution in [0.15, 0.2) is 50.8 Å². The van der Waals surface area contributed by atoms with E-state index in [1.165, 1.54) is 31.0 Å². The van der Waals surface area contributed by atoms with Gasteiger partial charge in [0.2, 0.25) is 0 Å². The molecule has 8 nitrogen and oxygen atoms in total. The van der Waals surface area contributed by atoms with Gasteiger partial charge in [-0.15, -0.1) is 0 Å². The lowest BCUT2D eigenvalue weighted by Gasteiger charge is -2.12. The third-order valence-corrected chi connectivity index (χ3v) is 5.51. The van der Waals surface area contributed by atoms with Gasteiger partial charge in [0, 0.05) is 4.47 Å². The van der Waals surface area contributed by atoms with Crippen LogP contribution in [0.4, 0.5) is 5.69 Å². The maximum Gasteiger partial charge on any atom is 0.335 e. The number of aliphatic imine (C=N–C) groups is 1. The van der Waals surface area contributed by atoms with Gasteiger partial charge < -0.3 is 25.0 Å². The Morgan fingerprint density at radius 3 is 2.63 bits per heavy atom. The van der Waals surface area contributed by atoms with Crippen LogP contribution < -0.4 is 14.8 Å². The largest absolute Gasteiger partial charge is 0.493 e. The molecule has 1 amide bonds. The molecule has 0 saturated carbocycles. The monoisotopic (exact) mass is 492 g/mol. The van der Waals surface area contributed by atoms with Gasteiger partial charge in [0.1, 0.15) is 6.61 Å². The highest BCUT2D eigenvalue weighted by molar-refractivity contribution is 9.10. The molecular weight excluding hydrogens is 476 g/mol. The Hall–Kier alpha value is -2.82. The first-order chi connectivity index (χ1) is 14.4. The molecule has 0 spiro atoms. The lowest BCUT2D eigenvalue weighted by molar-refractivity contribution is -0.115. The zero-order valence-electron chi connectivity index (χ0n) is 15.7. The van der Waals surface area contributed by atoms with Crippen LogP contribution in [0, 0.1) is 0 Å². The summed E-state index contributed by atoms with van der Waals surface area (Å²) in [6.07, 6.45) is 1.69. The number of aliphatic hydroxyl groups is 1. The highest BCUT2D eigenvalue weighted by Gasteiger charge is 2.24. The van der Waals surface area contributed by atoms with Crippen molar-refractivity contribution in [3.8, 4) is 11.5 Å². The lowest BCUT2D eigenvalue weighted by Crippen LogP contribution is -2.19. The number of hydrogen-bond donors (Lipinski definition) is 3. The minimum atomic E-state index is -1.02. The topological polar surface area (TPSA) is 117 Å². The molecule has 0 aromatic heterocycles. The minimum Gasteiger partial charge on any atom is -0.493 e. The van der Waals surface area contributed by atoms with Crippen molar-refractivity contribution in [1.29, 1.82) is 0 Å². The van der Waals surface area contributed by atoms with E-state index in [4.69, 9.17) is 19.7 Å². The van der Waals surface area contributed by atoms with Gasteiger partial charge in [-0.05, 0) is 59.8 Å². The number of carboxylic acids is 1. The predicted molar refractivity (Wildman–Crippen MR) is 117 cm³/mol. The molecule has 1 aliphatic heterocycles. The van der Waals surface area contributed by atoms with Crippen molar-refractivity contribution in [3.05, 3.63) is 56.9 Å². The number of carboxylic acid groups (broad SMARTS) is 1. The van der Waals surface area contributed by atoms with Gasteiger partial charge >= 0.3 is 5.97 Å². The molecule has 2 aromatic carbocycles. The van der Waals surface area contributed by atoms with Crippen molar-refractivity contribution < 1.29 is 29.3 Å². The number of hydrogen-bond acceptors (Lipinski definition) is 7. The fourth-order valence-electron chi connectivity index (χ4n) is 2.51. The van der Waals surface area contributed by atoms with Crippen molar-refractivity contribution >= 4 is 56.5 Å². The summed E-state index contributed by atoms with van der Waals surface area (Å²) in [5.74, 6) is -0.380. The fourth-order valence-corrected chi connectivity index (χ4v) is 3.78. The first-order valence-corrected chi connectivity index (χ1v) is 10.3. The predicted octanol–water partition coefficient (Wildman–Crippen LogP) is 3.42. The van der Waals surface area contributed by atoms with Gasteiger partial charge in [-0.25, -0.2) is 9.79 Å². The Morgan fingerprint density at radius 1 is 1.27 bits per heavy atom. The number of amides is 1. The van der Waals surface area contributed by atoms with Crippen LogP contribution in [-0.2, 0) is 4.79 Å². The number of aromatic carboxylic acids is 1. The maximum atomic E-state index is 12.3. The third-order valence-electron chi connectivity index (χ3n) is 3.91. The van der Waals surface area contributed by atoms with E-state index in [2.05, 4.69) is 26.2 Å². The first kappa shape index (κ1) is 21.9. The molecule has 3 rings (SSSR count). The van der Waals surface area contributed by atoms with Gasteiger partial charge in [0.15, 0.2) is 16.7 Å². The number of thioether (sulfide) groups is 1. The van der Waals surface area contributed by atoms with Crippen LogP contribution in [0.2, 0.25) is 0 Å². The number of methoxy groups -OCH3 is 1. The molecule has 10 heteroatoms. The van der Waals surface area contributed by atoms with E-state index in [-0.39, 0.29) is 24.7 Å². The molecule has 1 aliphatic rings. The molecule has 2 aromatic rings. The Balaban J connectivity index is 1.83. The summed E-state index contributed by atoms with van der Waals surface area (Å²) in [4.78, 5) is 28.0. The second-order valence-electron chi connectivity index (χ2n) is 5.93. The number of carbonyl (C=O) groups excluding carboxylic acids is 1. The van der Waals surface area contributed by atoms with E-state index in [0.29, 0.717) is 37.3 Å². The summed E-state index contributed by atoms with van der Waals surface area (Å²) in [5, 5.41) is 21.0. The summed E-state index contributed by atoms with van der Waals surface area (Å²) < 4.78 is 11.5. The van der Waals surface area contributed by atoms with Gasteiger partial charge in [0.25, 0.3) is 5.91 Å². The van der Waals surface area contributed by atoms with Gasteiger partial charge in [-0.2, -0.15) is 0 Å². The molecule has 1 heterocycles. The van der Waals surface area contributed by atoms with E-state index in [1.807, 2.05) is 0 Å². The van der Waals surface area contributed by atoms with E-state index in [1.54, 1.807) is 30.3 Å². The summed E-state index contributed by atoms with van der Waals surface area (Å²) in [7, 11) is 1.50. The SMILES string of the molecule is COc1cc(/C=C2\SC(=Nc3ccc(C(=O)O)cc3)NC2=O)c(Br)cc1OCCO. The van der Waals surface area contributed by atoms with Crippen LogP contribution >= 0.6 is 27.7 Å². The summed E-state index contributed by atoms with van der Waals surface area (Å²) in [6.45, 7) is 0.0132.